The van der Waals surface area contributed by atoms with Crippen LogP contribution >= 0.6 is 0 Å². The van der Waals surface area contributed by atoms with E-state index in [1.807, 2.05) is 6.92 Å². The van der Waals surface area contributed by atoms with E-state index in [-0.39, 0.29) is 0 Å². The topological polar surface area (TPSA) is 54.2 Å². The monoisotopic (exact) mass is 262 g/mol. The van der Waals surface area contributed by atoms with Gasteiger partial charge in [-0.05, 0) is 19.8 Å². The van der Waals surface area contributed by atoms with Crippen molar-refractivity contribution in [2.45, 2.75) is 32.5 Å². The minimum absolute atomic E-state index is 0.528. The first kappa shape index (κ1) is 15.5. The third kappa shape index (κ3) is 4.93. The Kier molecular flexibility index (Phi) is 6.39. The van der Waals surface area contributed by atoms with Crippen LogP contribution in [-0.4, -0.2) is 30.6 Å². The molecule has 19 heavy (non-hydrogen) atoms. The van der Waals surface area contributed by atoms with Crippen LogP contribution in [0.25, 0.3) is 0 Å². The molecule has 0 heterocycles. The third-order valence-corrected chi connectivity index (χ3v) is 2.96. The number of aliphatic imine (C=N–C) groups is 2. The third-order valence-electron chi connectivity index (χ3n) is 2.96. The number of rotatable bonds is 8. The van der Waals surface area contributed by atoms with Gasteiger partial charge in [0.2, 0.25) is 0 Å². The molecule has 0 bridgehead atoms. The van der Waals surface area contributed by atoms with E-state index in [0.29, 0.717) is 23.6 Å². The van der Waals surface area contributed by atoms with Crippen molar-refractivity contribution in [3.8, 4) is 0 Å². The second-order valence-electron chi connectivity index (χ2n) is 4.41. The molecule has 4 heteroatoms. The molecule has 0 aromatic heterocycles. The van der Waals surface area contributed by atoms with E-state index in [9.17, 15) is 5.11 Å². The predicted molar refractivity (Wildman–Crippen MR) is 79.4 cm³/mol. The average molecular weight is 262 g/mol. The van der Waals surface area contributed by atoms with Crippen molar-refractivity contribution < 1.29 is 9.84 Å². The molecule has 1 rings (SSSR count). The predicted octanol–water partition coefficient (Wildman–Crippen LogP) is 2.87. The highest BCUT2D eigenvalue weighted by molar-refractivity contribution is 6.04. The molecular weight excluding hydrogens is 240 g/mol. The summed E-state index contributed by atoms with van der Waals surface area (Å²) in [6, 6.07) is 0. The number of hydrogen-bond donors (Lipinski definition) is 1. The smallest absolute Gasteiger partial charge is 0.182 e. The van der Waals surface area contributed by atoms with Crippen LogP contribution in [0.15, 0.2) is 46.6 Å². The van der Waals surface area contributed by atoms with Gasteiger partial charge in [0, 0.05) is 30.7 Å². The molecule has 1 unspecified atom stereocenters. The number of aliphatic hydroxyl groups is 1. The zero-order valence-electron chi connectivity index (χ0n) is 11.7. The average Bonchev–Trinajstić information content (AvgIpc) is 3.23. The summed E-state index contributed by atoms with van der Waals surface area (Å²) in [4.78, 5) is 8.51. The van der Waals surface area contributed by atoms with Gasteiger partial charge in [-0.15, -0.1) is 6.58 Å². The summed E-state index contributed by atoms with van der Waals surface area (Å²) in [6.45, 7) is 9.42. The molecule has 0 aromatic carbocycles. The summed E-state index contributed by atoms with van der Waals surface area (Å²) in [5, 5.41) is 9.75. The first-order valence-corrected chi connectivity index (χ1v) is 6.40. The van der Waals surface area contributed by atoms with Crippen LogP contribution in [0, 0.1) is 5.92 Å². The number of nitrogens with zero attached hydrogens (tertiary/aromatic N) is 2. The minimum Gasteiger partial charge on any atom is -0.364 e. The van der Waals surface area contributed by atoms with Gasteiger partial charge < -0.3 is 9.84 Å². The van der Waals surface area contributed by atoms with Crippen LogP contribution in [0.4, 0.5) is 0 Å². The van der Waals surface area contributed by atoms with E-state index in [2.05, 4.69) is 23.1 Å². The maximum Gasteiger partial charge on any atom is 0.182 e. The highest BCUT2D eigenvalue weighted by Crippen LogP contribution is 2.35. The molecule has 104 valence electrons. The second kappa shape index (κ2) is 7.81. The summed E-state index contributed by atoms with van der Waals surface area (Å²) < 4.78 is 4.92. The Morgan fingerprint density at radius 2 is 2.21 bits per heavy atom. The summed E-state index contributed by atoms with van der Waals surface area (Å²) >= 11 is 0. The van der Waals surface area contributed by atoms with Crippen molar-refractivity contribution >= 4 is 12.1 Å². The van der Waals surface area contributed by atoms with Crippen molar-refractivity contribution in [1.82, 2.24) is 0 Å². The molecule has 0 radical (unpaired) electrons. The molecular formula is C15H22N2O2. The van der Waals surface area contributed by atoms with Gasteiger partial charge in [0.1, 0.15) is 6.34 Å². The Bertz CT molecular complexity index is 418. The van der Waals surface area contributed by atoms with Gasteiger partial charge in [0.15, 0.2) is 6.29 Å². The normalized spacial score (nSPS) is 18.7. The molecule has 1 aliphatic carbocycles. The Labute approximate surface area is 114 Å². The number of allylic oxidation sites excluding steroid dienone is 3. The lowest BCUT2D eigenvalue weighted by molar-refractivity contribution is -0.0405. The minimum atomic E-state index is -0.983. The number of methoxy groups -OCH3 is 1. The summed E-state index contributed by atoms with van der Waals surface area (Å²) in [6.07, 6.45) is 6.90. The lowest BCUT2D eigenvalue weighted by atomic mass is 10.1. The first-order valence-electron chi connectivity index (χ1n) is 6.40. The fourth-order valence-corrected chi connectivity index (χ4v) is 1.66. The van der Waals surface area contributed by atoms with E-state index >= 15 is 0 Å². The van der Waals surface area contributed by atoms with E-state index in [1.54, 1.807) is 12.2 Å². The fraction of sp³-hybridized carbons (Fsp3) is 0.467. The number of aliphatic hydroxyl groups excluding tert-OH is 1. The van der Waals surface area contributed by atoms with Gasteiger partial charge in [-0.2, -0.15) is 0 Å². The first-order chi connectivity index (χ1) is 9.13. The Balaban J connectivity index is 2.79. The molecule has 0 spiro atoms. The molecule has 0 saturated heterocycles. The van der Waals surface area contributed by atoms with Gasteiger partial charge in [0.25, 0.3) is 0 Å². The summed E-state index contributed by atoms with van der Waals surface area (Å²) in [5.41, 5.74) is 2.20. The maximum atomic E-state index is 9.75. The summed E-state index contributed by atoms with van der Waals surface area (Å²) in [5.74, 6) is 0.528. The van der Waals surface area contributed by atoms with Crippen molar-refractivity contribution in [3.63, 3.8) is 0 Å². The van der Waals surface area contributed by atoms with Crippen LogP contribution < -0.4 is 0 Å². The largest absolute Gasteiger partial charge is 0.364 e. The van der Waals surface area contributed by atoms with E-state index in [4.69, 9.17) is 4.74 Å². The molecule has 0 aliphatic heterocycles. The van der Waals surface area contributed by atoms with Gasteiger partial charge in [-0.1, -0.05) is 18.7 Å². The van der Waals surface area contributed by atoms with Crippen LogP contribution in [-0.2, 0) is 4.74 Å². The second-order valence-corrected chi connectivity index (χ2v) is 4.41. The number of ether oxygens (including phenoxy) is 1. The van der Waals surface area contributed by atoms with Crippen LogP contribution in [0.2, 0.25) is 0 Å². The SMILES string of the molecule is C=CCC(=NC=NC(=C)C1CC1)/C(=C\C)C(O)OC. The van der Waals surface area contributed by atoms with E-state index in [1.165, 1.54) is 26.3 Å². The van der Waals surface area contributed by atoms with E-state index < -0.39 is 6.29 Å². The molecule has 0 aromatic rings. The lowest BCUT2D eigenvalue weighted by Crippen LogP contribution is -2.19. The molecule has 1 atom stereocenters. The molecule has 4 nitrogen and oxygen atoms in total. The van der Waals surface area contributed by atoms with Gasteiger partial charge >= 0.3 is 0 Å². The Morgan fingerprint density at radius 1 is 1.53 bits per heavy atom. The van der Waals surface area contributed by atoms with Gasteiger partial charge in [-0.25, -0.2) is 9.98 Å². The van der Waals surface area contributed by atoms with Crippen LogP contribution in [0.5, 0.6) is 0 Å². The molecule has 0 amide bonds. The van der Waals surface area contributed by atoms with Gasteiger partial charge in [-0.3, -0.25) is 0 Å². The molecule has 1 aliphatic rings. The van der Waals surface area contributed by atoms with Crippen molar-refractivity contribution in [1.29, 1.82) is 0 Å². The molecule has 1 fully saturated rings. The zero-order valence-corrected chi connectivity index (χ0v) is 11.7. The lowest BCUT2D eigenvalue weighted by Gasteiger charge is -2.13. The fourth-order valence-electron chi connectivity index (χ4n) is 1.66. The van der Waals surface area contributed by atoms with Crippen LogP contribution in [0.1, 0.15) is 26.2 Å². The highest BCUT2D eigenvalue weighted by Gasteiger charge is 2.23. The van der Waals surface area contributed by atoms with Crippen molar-refractivity contribution in [2.24, 2.45) is 15.9 Å². The zero-order chi connectivity index (χ0) is 14.3. The number of hydrogen-bond acceptors (Lipinski definition) is 3. The standard InChI is InChI=1S/C15H22N2O2/c1-5-7-14(13(6-2)15(18)19-4)17-10-16-11(3)12-8-9-12/h5-6,10,12,15,18H,1,3,7-9H2,2,4H3/b13-6+,16-10?,17-14?. The van der Waals surface area contributed by atoms with Crippen LogP contribution in [0.3, 0.4) is 0 Å². The Hall–Kier alpha value is -1.52. The van der Waals surface area contributed by atoms with E-state index in [0.717, 1.165) is 5.70 Å². The van der Waals surface area contributed by atoms with Crippen molar-refractivity contribution in [3.05, 3.63) is 36.6 Å². The Morgan fingerprint density at radius 3 is 2.68 bits per heavy atom. The maximum absolute atomic E-state index is 9.75. The summed E-state index contributed by atoms with van der Waals surface area (Å²) in [7, 11) is 1.45. The molecule has 1 saturated carbocycles. The molecule has 1 N–H and O–H groups in total. The highest BCUT2D eigenvalue weighted by atomic mass is 16.6. The van der Waals surface area contributed by atoms with Gasteiger partial charge in [0.05, 0.1) is 5.71 Å². The van der Waals surface area contributed by atoms with Crippen molar-refractivity contribution in [2.75, 3.05) is 7.11 Å². The quantitative estimate of drug-likeness (QED) is 0.316.